The molecular weight excluding hydrogens is 476 g/mol. The fraction of sp³-hybridized carbons (Fsp3) is 0.375. The number of hydrogen-bond acceptors (Lipinski definition) is 9. The van der Waals surface area contributed by atoms with Crippen molar-refractivity contribution in [2.45, 2.75) is 45.6 Å². The Hall–Kier alpha value is -4.09. The van der Waals surface area contributed by atoms with Crippen molar-refractivity contribution in [1.82, 2.24) is 15.2 Å². The molecule has 0 atom stereocenters. The van der Waals surface area contributed by atoms with Gasteiger partial charge in [0.2, 0.25) is 18.2 Å². The number of anilines is 3. The summed E-state index contributed by atoms with van der Waals surface area (Å²) < 4.78 is 41.0. The molecule has 0 unspecified atom stereocenters. The summed E-state index contributed by atoms with van der Waals surface area (Å²) in [6.07, 6.45) is 5.46. The first-order chi connectivity index (χ1) is 17.3. The number of esters is 1. The fourth-order valence-electron chi connectivity index (χ4n) is 3.61. The average Bonchev–Trinajstić information content (AvgIpc) is 3.28. The van der Waals surface area contributed by atoms with Crippen LogP contribution in [0, 0.1) is 31.4 Å². The highest BCUT2D eigenvalue weighted by atomic mass is 19.2. The lowest BCUT2D eigenvalue weighted by molar-refractivity contribution is -0.147. The van der Waals surface area contributed by atoms with Gasteiger partial charge >= 0.3 is 12.0 Å². The molecular formula is C24H27F2N5O5. The van der Waals surface area contributed by atoms with E-state index in [-0.39, 0.29) is 24.0 Å². The number of amides is 1. The number of aromatic nitrogens is 3. The van der Waals surface area contributed by atoms with Gasteiger partial charge in [-0.1, -0.05) is 5.10 Å². The van der Waals surface area contributed by atoms with Gasteiger partial charge in [0.15, 0.2) is 11.6 Å². The van der Waals surface area contributed by atoms with Crippen LogP contribution in [0.5, 0.6) is 5.88 Å². The van der Waals surface area contributed by atoms with Crippen molar-refractivity contribution in [2.24, 2.45) is 5.92 Å². The number of nitrogens with zero attached hydrogens (tertiary/aromatic N) is 3. The van der Waals surface area contributed by atoms with E-state index in [1.807, 2.05) is 6.92 Å². The summed E-state index contributed by atoms with van der Waals surface area (Å²) in [5, 5.41) is 12.5. The number of nitrogens with one attached hydrogen (secondary N) is 2. The van der Waals surface area contributed by atoms with E-state index in [4.69, 9.17) is 13.9 Å². The zero-order chi connectivity index (χ0) is 26.1. The van der Waals surface area contributed by atoms with Crippen molar-refractivity contribution in [3.63, 3.8) is 0 Å². The van der Waals surface area contributed by atoms with Gasteiger partial charge in [-0.2, -0.15) is 0 Å². The molecule has 10 nitrogen and oxygen atoms in total. The van der Waals surface area contributed by atoms with Crippen molar-refractivity contribution >= 4 is 29.8 Å². The Balaban J connectivity index is 0.000000212. The molecule has 2 N–H and O–H groups in total. The summed E-state index contributed by atoms with van der Waals surface area (Å²) >= 11 is 0. The average molecular weight is 504 g/mol. The van der Waals surface area contributed by atoms with Crippen LogP contribution in [0.3, 0.4) is 0 Å². The molecule has 0 aliphatic heterocycles. The van der Waals surface area contributed by atoms with Crippen LogP contribution >= 0.6 is 0 Å². The van der Waals surface area contributed by atoms with E-state index < -0.39 is 11.6 Å². The van der Waals surface area contributed by atoms with Crippen molar-refractivity contribution in [1.29, 1.82) is 0 Å². The summed E-state index contributed by atoms with van der Waals surface area (Å²) in [5.41, 5.74) is 1.92. The van der Waals surface area contributed by atoms with Crippen molar-refractivity contribution in [3.05, 3.63) is 53.6 Å². The van der Waals surface area contributed by atoms with Gasteiger partial charge in [0, 0.05) is 24.7 Å². The molecule has 0 saturated heterocycles. The summed E-state index contributed by atoms with van der Waals surface area (Å²) in [5.74, 6) is -1.04. The molecule has 1 saturated carbocycles. The van der Waals surface area contributed by atoms with E-state index in [0.717, 1.165) is 43.4 Å². The molecule has 4 rings (SSSR count). The summed E-state index contributed by atoms with van der Waals surface area (Å²) in [6, 6.07) is 5.34. The monoisotopic (exact) mass is 503 g/mol. The first kappa shape index (κ1) is 26.5. The van der Waals surface area contributed by atoms with E-state index in [1.54, 1.807) is 19.2 Å². The highest BCUT2D eigenvalue weighted by Crippen LogP contribution is 2.28. The molecule has 3 aromatic rings. The number of hydrogen-bond donors (Lipinski definition) is 2. The SMILES string of the molecule is COC(=O)C1CCC(Oc2cc(C)c(NC=O)cn2)CC1.Cc1nnc(Nc2ccc(F)c(F)c2)o1. The minimum absolute atomic E-state index is 0.0105. The molecule has 0 radical (unpaired) electrons. The standard InChI is InChI=1S/C15H20N2O4.C9H7F2N3O/c1-10-7-14(16-8-13(10)17-9-18)21-12-5-3-11(4-6-12)15(19)20-2;1-5-13-14-9(15-5)12-6-2-3-7(10)8(11)4-6/h7-9,11-12H,3-6H2,1-2H3,(H,17,18);2-4H,1H3,(H,12,14). The van der Waals surface area contributed by atoms with E-state index in [0.29, 0.717) is 29.6 Å². The number of methoxy groups -OCH3 is 1. The molecule has 12 heteroatoms. The first-order valence-electron chi connectivity index (χ1n) is 11.2. The molecule has 1 amide bonds. The maximum absolute atomic E-state index is 12.8. The number of ether oxygens (including phenoxy) is 2. The fourth-order valence-corrected chi connectivity index (χ4v) is 3.61. The van der Waals surface area contributed by atoms with Crippen LogP contribution in [0.15, 0.2) is 34.9 Å². The normalized spacial score (nSPS) is 16.8. The second-order valence-electron chi connectivity index (χ2n) is 8.09. The van der Waals surface area contributed by atoms with Crippen LogP contribution in [0.25, 0.3) is 0 Å². The van der Waals surface area contributed by atoms with E-state index in [9.17, 15) is 18.4 Å². The molecule has 192 valence electrons. The van der Waals surface area contributed by atoms with Gasteiger partial charge in [0.1, 0.15) is 6.10 Å². The number of aryl methyl sites for hydroxylation is 2. The number of rotatable bonds is 7. The van der Waals surface area contributed by atoms with Crippen molar-refractivity contribution in [3.8, 4) is 5.88 Å². The predicted molar refractivity (Wildman–Crippen MR) is 126 cm³/mol. The van der Waals surface area contributed by atoms with Gasteiger partial charge in [-0.25, -0.2) is 13.8 Å². The topological polar surface area (TPSA) is 128 Å². The van der Waals surface area contributed by atoms with Crippen LogP contribution in [-0.2, 0) is 14.3 Å². The molecule has 1 fully saturated rings. The zero-order valence-corrected chi connectivity index (χ0v) is 20.1. The van der Waals surface area contributed by atoms with Gasteiger partial charge in [-0.05, 0) is 50.3 Å². The van der Waals surface area contributed by atoms with E-state index in [1.165, 1.54) is 13.2 Å². The van der Waals surface area contributed by atoms with Gasteiger partial charge in [-0.15, -0.1) is 5.10 Å². The van der Waals surface area contributed by atoms with Crippen molar-refractivity contribution in [2.75, 3.05) is 17.7 Å². The smallest absolute Gasteiger partial charge is 0.320 e. The lowest BCUT2D eigenvalue weighted by Gasteiger charge is -2.27. The highest BCUT2D eigenvalue weighted by molar-refractivity contribution is 5.73. The van der Waals surface area contributed by atoms with Crippen LogP contribution in [0.1, 0.15) is 37.1 Å². The zero-order valence-electron chi connectivity index (χ0n) is 20.1. The van der Waals surface area contributed by atoms with Crippen molar-refractivity contribution < 1.29 is 32.3 Å². The Labute approximate surface area is 206 Å². The minimum Gasteiger partial charge on any atom is -0.474 e. The van der Waals surface area contributed by atoms with Gasteiger partial charge in [0.05, 0.1) is 24.9 Å². The molecule has 1 aliphatic rings. The Morgan fingerprint density at radius 1 is 1.11 bits per heavy atom. The highest BCUT2D eigenvalue weighted by Gasteiger charge is 2.28. The van der Waals surface area contributed by atoms with Crippen LogP contribution < -0.4 is 15.4 Å². The molecule has 0 spiro atoms. The van der Waals surface area contributed by atoms with Crippen LogP contribution in [0.2, 0.25) is 0 Å². The second-order valence-corrected chi connectivity index (χ2v) is 8.09. The van der Waals surface area contributed by atoms with Crippen LogP contribution in [-0.4, -0.2) is 40.8 Å². The van der Waals surface area contributed by atoms with E-state index in [2.05, 4.69) is 25.8 Å². The third-order valence-electron chi connectivity index (χ3n) is 5.49. The van der Waals surface area contributed by atoms with Crippen LogP contribution in [0.4, 0.5) is 26.2 Å². The predicted octanol–water partition coefficient (Wildman–Crippen LogP) is 4.47. The molecule has 1 aliphatic carbocycles. The summed E-state index contributed by atoms with van der Waals surface area (Å²) in [6.45, 7) is 3.51. The summed E-state index contributed by atoms with van der Waals surface area (Å²) in [4.78, 5) is 26.1. The van der Waals surface area contributed by atoms with Gasteiger partial charge in [0.25, 0.3) is 0 Å². The largest absolute Gasteiger partial charge is 0.474 e. The van der Waals surface area contributed by atoms with E-state index >= 15 is 0 Å². The maximum Gasteiger partial charge on any atom is 0.320 e. The number of carbonyl (C=O) groups is 2. The quantitative estimate of drug-likeness (QED) is 0.354. The molecule has 36 heavy (non-hydrogen) atoms. The molecule has 0 bridgehead atoms. The van der Waals surface area contributed by atoms with Gasteiger partial charge < -0.3 is 24.5 Å². The molecule has 2 heterocycles. The Kier molecular flexibility index (Phi) is 9.25. The number of carbonyl (C=O) groups excluding carboxylic acids is 2. The third kappa shape index (κ3) is 7.45. The first-order valence-corrected chi connectivity index (χ1v) is 11.2. The summed E-state index contributed by atoms with van der Waals surface area (Å²) in [7, 11) is 1.42. The Bertz CT molecular complexity index is 1180. The Morgan fingerprint density at radius 2 is 1.86 bits per heavy atom. The number of benzene rings is 1. The second kappa shape index (κ2) is 12.6. The van der Waals surface area contributed by atoms with Gasteiger partial charge in [-0.3, -0.25) is 9.59 Å². The number of pyridine rings is 1. The lowest BCUT2D eigenvalue weighted by atomic mass is 9.87. The molecule has 2 aromatic heterocycles. The minimum atomic E-state index is -0.934. The molecule has 1 aromatic carbocycles. The Morgan fingerprint density at radius 3 is 2.44 bits per heavy atom. The lowest BCUT2D eigenvalue weighted by Crippen LogP contribution is -2.28. The third-order valence-corrected chi connectivity index (χ3v) is 5.49. The number of halogens is 2. The maximum atomic E-state index is 12.8.